The minimum absolute atomic E-state index is 0.411. The van der Waals surface area contributed by atoms with Crippen molar-refractivity contribution in [3.63, 3.8) is 0 Å². The summed E-state index contributed by atoms with van der Waals surface area (Å²) < 4.78 is 11.2. The lowest BCUT2D eigenvalue weighted by Gasteiger charge is -2.33. The van der Waals surface area contributed by atoms with Crippen molar-refractivity contribution in [2.45, 2.75) is 12.8 Å². The number of piperazine rings is 1. The Morgan fingerprint density at radius 3 is 2.70 bits per heavy atom. The van der Waals surface area contributed by atoms with E-state index in [1.165, 1.54) is 7.11 Å². The normalized spacial score (nSPS) is 14.5. The molecule has 1 heterocycles. The van der Waals surface area contributed by atoms with Gasteiger partial charge in [0.05, 0.1) is 13.7 Å². The first-order chi connectivity index (χ1) is 14.5. The van der Waals surface area contributed by atoms with Crippen molar-refractivity contribution in [2.75, 3.05) is 58.0 Å². The molecule has 9 heteroatoms. The molecule has 0 aromatic heterocycles. The average Bonchev–Trinajstić information content (AvgIpc) is 2.75. The first-order valence-corrected chi connectivity index (χ1v) is 11.3. The van der Waals surface area contributed by atoms with Gasteiger partial charge in [0.2, 0.25) is 5.91 Å². The molecule has 1 aliphatic rings. The molecule has 0 aliphatic carbocycles. The predicted octanol–water partition coefficient (Wildman–Crippen LogP) is 2.78. The highest BCUT2D eigenvalue weighted by atomic mass is 32.2. The van der Waals surface area contributed by atoms with Crippen molar-refractivity contribution in [3.05, 3.63) is 36.4 Å². The Morgan fingerprint density at radius 2 is 1.97 bits per heavy atom. The summed E-state index contributed by atoms with van der Waals surface area (Å²) in [6, 6.07) is 7.16. The van der Waals surface area contributed by atoms with Crippen molar-refractivity contribution in [2.24, 2.45) is 0 Å². The molecule has 1 N–H and O–H groups in total. The number of nitrogens with one attached hydrogen (secondary N) is 1. The number of ether oxygens (including phenoxy) is 2. The third-order valence-corrected chi connectivity index (χ3v) is 6.08. The maximum Gasteiger partial charge on any atom is 0.330 e. The summed E-state index contributed by atoms with van der Waals surface area (Å²) in [5.74, 6) is 0.679. The van der Waals surface area contributed by atoms with Gasteiger partial charge >= 0.3 is 5.97 Å². The van der Waals surface area contributed by atoms with Crippen LogP contribution < -0.4 is 10.1 Å². The van der Waals surface area contributed by atoms with Crippen molar-refractivity contribution in [3.8, 4) is 5.75 Å². The summed E-state index contributed by atoms with van der Waals surface area (Å²) in [7, 11) is 3.39. The van der Waals surface area contributed by atoms with Gasteiger partial charge in [-0.25, -0.2) is 4.79 Å². The Bertz CT molecular complexity index is 750. The predicted molar refractivity (Wildman–Crippen MR) is 125 cm³/mol. The van der Waals surface area contributed by atoms with Crippen LogP contribution in [0.5, 0.6) is 5.75 Å². The summed E-state index contributed by atoms with van der Waals surface area (Å²) in [5.41, 5.74) is 0.597. The number of hydrogen-bond donors (Lipinski definition) is 1. The second kappa shape index (κ2) is 13.3. The molecule has 0 spiro atoms. The van der Waals surface area contributed by atoms with E-state index in [0.717, 1.165) is 61.2 Å². The Morgan fingerprint density at radius 1 is 1.20 bits per heavy atom. The third-order valence-electron chi connectivity index (χ3n) is 4.47. The minimum Gasteiger partial charge on any atom is -0.494 e. The largest absolute Gasteiger partial charge is 0.494 e. The summed E-state index contributed by atoms with van der Waals surface area (Å²) in [6.45, 7) is 4.75. The second-order valence-corrected chi connectivity index (χ2v) is 8.56. The molecule has 1 saturated heterocycles. The quantitative estimate of drug-likeness (QED) is 0.266. The van der Waals surface area contributed by atoms with E-state index in [1.54, 1.807) is 30.0 Å². The van der Waals surface area contributed by atoms with Gasteiger partial charge in [0.15, 0.2) is 0 Å². The van der Waals surface area contributed by atoms with Crippen LogP contribution in [0.25, 0.3) is 0 Å². The standard InChI is InChI=1S/C21H29N3O4S2/c1-23-10-12-24(13-11-23)21(29)30-15-4-3-14-28-18-7-5-6-17(16-18)22-19(25)8-9-20(26)27-2/h5-9,16H,3-4,10-15H2,1-2H3,(H,22,25)/b9-8+. The molecule has 1 fully saturated rings. The van der Waals surface area contributed by atoms with Crippen LogP contribution in [0.1, 0.15) is 12.8 Å². The fourth-order valence-corrected chi connectivity index (χ4v) is 4.01. The highest BCUT2D eigenvalue weighted by Crippen LogP contribution is 2.18. The molecular formula is C21H29N3O4S2. The number of rotatable bonds is 9. The van der Waals surface area contributed by atoms with E-state index >= 15 is 0 Å². The highest BCUT2D eigenvalue weighted by molar-refractivity contribution is 8.22. The van der Waals surface area contributed by atoms with Gasteiger partial charge in [-0.15, -0.1) is 0 Å². The van der Waals surface area contributed by atoms with Crippen molar-refractivity contribution in [1.29, 1.82) is 0 Å². The van der Waals surface area contributed by atoms with Crippen molar-refractivity contribution < 1.29 is 19.1 Å². The molecule has 164 valence electrons. The highest BCUT2D eigenvalue weighted by Gasteiger charge is 2.16. The van der Waals surface area contributed by atoms with E-state index in [1.807, 2.05) is 6.07 Å². The van der Waals surface area contributed by atoms with Crippen LogP contribution in [0.3, 0.4) is 0 Å². The second-order valence-electron chi connectivity index (χ2n) is 6.83. The molecule has 30 heavy (non-hydrogen) atoms. The molecule has 0 bridgehead atoms. The zero-order valence-corrected chi connectivity index (χ0v) is 19.1. The topological polar surface area (TPSA) is 71.1 Å². The first kappa shape index (κ1) is 24.2. The summed E-state index contributed by atoms with van der Waals surface area (Å²) in [5, 5.41) is 2.68. The molecule has 0 atom stereocenters. The summed E-state index contributed by atoms with van der Waals surface area (Å²) >= 11 is 7.27. The lowest BCUT2D eigenvalue weighted by molar-refractivity contribution is -0.135. The number of nitrogens with zero attached hydrogens (tertiary/aromatic N) is 2. The van der Waals surface area contributed by atoms with Gasteiger partial charge in [-0.05, 0) is 32.0 Å². The Kier molecular flexibility index (Phi) is 10.7. The van der Waals surface area contributed by atoms with Gasteiger partial charge in [-0.3, -0.25) is 4.79 Å². The number of thioether (sulfide) groups is 1. The van der Waals surface area contributed by atoms with Gasteiger partial charge < -0.3 is 24.6 Å². The summed E-state index contributed by atoms with van der Waals surface area (Å²) in [4.78, 5) is 27.4. The van der Waals surface area contributed by atoms with Crippen LogP contribution in [0, 0.1) is 0 Å². The van der Waals surface area contributed by atoms with Crippen LogP contribution in [-0.2, 0) is 14.3 Å². The summed E-state index contributed by atoms with van der Waals surface area (Å²) in [6.07, 6.45) is 4.15. The smallest absolute Gasteiger partial charge is 0.330 e. The molecule has 7 nitrogen and oxygen atoms in total. The zero-order valence-electron chi connectivity index (χ0n) is 17.5. The maximum atomic E-state index is 11.8. The number of amides is 1. The molecule has 2 rings (SSSR count). The molecule has 1 aliphatic heterocycles. The lowest BCUT2D eigenvalue weighted by atomic mass is 10.3. The fourth-order valence-electron chi connectivity index (χ4n) is 2.69. The van der Waals surface area contributed by atoms with Crippen molar-refractivity contribution >= 4 is 45.9 Å². The van der Waals surface area contributed by atoms with Gasteiger partial charge in [0.25, 0.3) is 0 Å². The average molecular weight is 452 g/mol. The van der Waals surface area contributed by atoms with Crippen LogP contribution in [-0.4, -0.2) is 78.7 Å². The van der Waals surface area contributed by atoms with E-state index < -0.39 is 11.9 Å². The third kappa shape index (κ3) is 9.15. The van der Waals surface area contributed by atoms with Gasteiger partial charge in [0, 0.05) is 55.8 Å². The first-order valence-electron chi connectivity index (χ1n) is 9.88. The minimum atomic E-state index is -0.579. The van der Waals surface area contributed by atoms with Gasteiger partial charge in [-0.2, -0.15) is 0 Å². The molecule has 0 radical (unpaired) electrons. The number of benzene rings is 1. The lowest BCUT2D eigenvalue weighted by Crippen LogP contribution is -2.45. The van der Waals surface area contributed by atoms with Crippen LogP contribution in [0.2, 0.25) is 0 Å². The van der Waals surface area contributed by atoms with E-state index in [2.05, 4.69) is 26.9 Å². The van der Waals surface area contributed by atoms with E-state index in [-0.39, 0.29) is 0 Å². The van der Waals surface area contributed by atoms with Gasteiger partial charge in [0.1, 0.15) is 10.1 Å². The number of unbranched alkanes of at least 4 members (excludes halogenated alkanes) is 1. The van der Waals surface area contributed by atoms with Crippen LogP contribution in [0.15, 0.2) is 36.4 Å². The maximum absolute atomic E-state index is 11.8. The number of likely N-dealkylation sites (N-methyl/N-ethyl adjacent to an activating group) is 1. The van der Waals surface area contributed by atoms with E-state index in [4.69, 9.17) is 17.0 Å². The molecule has 1 amide bonds. The van der Waals surface area contributed by atoms with Crippen LogP contribution in [0.4, 0.5) is 5.69 Å². The van der Waals surface area contributed by atoms with E-state index in [9.17, 15) is 9.59 Å². The number of thiocarbonyl (C=S) groups is 1. The van der Waals surface area contributed by atoms with E-state index in [0.29, 0.717) is 18.0 Å². The Balaban J connectivity index is 1.62. The molecule has 0 saturated carbocycles. The number of carbonyl (C=O) groups excluding carboxylic acids is 2. The Labute approximate surface area is 187 Å². The number of carbonyl (C=O) groups is 2. The SMILES string of the molecule is COC(=O)/C=C/C(=O)Nc1cccc(OCCCCSC(=S)N2CCN(C)CC2)c1. The number of hydrogen-bond acceptors (Lipinski definition) is 7. The van der Waals surface area contributed by atoms with Gasteiger partial charge in [-0.1, -0.05) is 30.0 Å². The van der Waals surface area contributed by atoms with Crippen molar-refractivity contribution in [1.82, 2.24) is 9.80 Å². The number of anilines is 1. The Hall–Kier alpha value is -2.10. The number of esters is 1. The number of methoxy groups -OCH3 is 1. The zero-order chi connectivity index (χ0) is 21.8. The molecule has 1 aromatic carbocycles. The molecule has 1 aromatic rings. The van der Waals surface area contributed by atoms with Crippen LogP contribution >= 0.6 is 24.0 Å². The monoisotopic (exact) mass is 451 g/mol. The fraction of sp³-hybridized carbons (Fsp3) is 0.476. The molecule has 0 unspecified atom stereocenters. The molecular weight excluding hydrogens is 422 g/mol.